The molecule has 13 heavy (non-hydrogen) atoms. The molecule has 0 saturated heterocycles. The molecule has 0 unspecified atom stereocenters. The maximum absolute atomic E-state index is 5.89. The molecule has 1 atom stereocenters. The van der Waals surface area contributed by atoms with Gasteiger partial charge in [-0.15, -0.1) is 12.4 Å². The molecule has 0 aliphatic carbocycles. The SMILES string of the molecule is CC(C)[C@H](N)c1cc(Cl)ccn1.Cl. The third kappa shape index (κ3) is 3.51. The van der Waals surface area contributed by atoms with Crippen molar-refractivity contribution in [3.8, 4) is 0 Å². The van der Waals surface area contributed by atoms with E-state index in [1.807, 2.05) is 6.07 Å². The highest BCUT2D eigenvalue weighted by Crippen LogP contribution is 2.18. The van der Waals surface area contributed by atoms with Crippen LogP contribution in [-0.4, -0.2) is 4.98 Å². The quantitative estimate of drug-likeness (QED) is 0.833. The van der Waals surface area contributed by atoms with Crippen LogP contribution in [0.2, 0.25) is 5.02 Å². The standard InChI is InChI=1S/C9H13ClN2.ClH/c1-6(2)9(11)8-5-7(10)3-4-12-8;/h3-6,9H,11H2,1-2H3;1H/t9-;/m0./s1. The van der Waals surface area contributed by atoms with Crippen molar-refractivity contribution in [3.63, 3.8) is 0 Å². The van der Waals surface area contributed by atoms with E-state index in [4.69, 9.17) is 17.3 Å². The molecule has 2 nitrogen and oxygen atoms in total. The van der Waals surface area contributed by atoms with Crippen LogP contribution >= 0.6 is 24.0 Å². The summed E-state index contributed by atoms with van der Waals surface area (Å²) in [7, 11) is 0. The summed E-state index contributed by atoms with van der Waals surface area (Å²) in [5.41, 5.74) is 6.74. The van der Waals surface area contributed by atoms with Crippen LogP contribution in [0.15, 0.2) is 18.3 Å². The molecule has 1 aromatic heterocycles. The Hall–Kier alpha value is -0.310. The summed E-state index contributed by atoms with van der Waals surface area (Å²) in [4.78, 5) is 4.15. The number of hydrogen-bond acceptors (Lipinski definition) is 2. The van der Waals surface area contributed by atoms with Gasteiger partial charge in [0.25, 0.3) is 0 Å². The van der Waals surface area contributed by atoms with Gasteiger partial charge in [-0.2, -0.15) is 0 Å². The van der Waals surface area contributed by atoms with Gasteiger partial charge >= 0.3 is 0 Å². The minimum Gasteiger partial charge on any atom is -0.322 e. The van der Waals surface area contributed by atoms with Crippen molar-refractivity contribution in [1.82, 2.24) is 4.98 Å². The van der Waals surface area contributed by atoms with Gasteiger partial charge in [0.05, 0.1) is 5.69 Å². The van der Waals surface area contributed by atoms with Crippen molar-refractivity contribution in [3.05, 3.63) is 29.0 Å². The molecule has 2 N–H and O–H groups in total. The molecule has 0 saturated carbocycles. The summed E-state index contributed by atoms with van der Waals surface area (Å²) in [6, 6.07) is 3.54. The Morgan fingerprint density at radius 3 is 2.54 bits per heavy atom. The minimum atomic E-state index is -0.0244. The molecule has 0 aromatic carbocycles. The van der Waals surface area contributed by atoms with Crippen molar-refractivity contribution in [2.75, 3.05) is 0 Å². The first-order valence-electron chi connectivity index (χ1n) is 3.98. The van der Waals surface area contributed by atoms with Crippen molar-refractivity contribution in [2.45, 2.75) is 19.9 Å². The van der Waals surface area contributed by atoms with Gasteiger partial charge in [0.1, 0.15) is 0 Å². The first-order chi connectivity index (χ1) is 5.61. The van der Waals surface area contributed by atoms with Crippen molar-refractivity contribution in [1.29, 1.82) is 0 Å². The summed E-state index contributed by atoms with van der Waals surface area (Å²) in [5, 5.41) is 0.691. The highest BCUT2D eigenvalue weighted by Gasteiger charge is 2.11. The molecule has 4 heteroatoms. The van der Waals surface area contributed by atoms with Crippen LogP contribution in [0.1, 0.15) is 25.6 Å². The predicted molar refractivity (Wildman–Crippen MR) is 58.3 cm³/mol. The molecular weight excluding hydrogens is 207 g/mol. The summed E-state index contributed by atoms with van der Waals surface area (Å²) < 4.78 is 0. The van der Waals surface area contributed by atoms with E-state index in [1.165, 1.54) is 0 Å². The Morgan fingerprint density at radius 2 is 2.08 bits per heavy atom. The van der Waals surface area contributed by atoms with Crippen LogP contribution in [0.3, 0.4) is 0 Å². The summed E-state index contributed by atoms with van der Waals surface area (Å²) in [6.07, 6.45) is 1.68. The summed E-state index contributed by atoms with van der Waals surface area (Å²) >= 11 is 5.80. The van der Waals surface area contributed by atoms with Crippen LogP contribution < -0.4 is 5.73 Å². The van der Waals surface area contributed by atoms with E-state index in [0.717, 1.165) is 5.69 Å². The first-order valence-corrected chi connectivity index (χ1v) is 4.36. The maximum Gasteiger partial charge on any atom is 0.0588 e. The van der Waals surface area contributed by atoms with E-state index in [0.29, 0.717) is 10.9 Å². The normalized spacial score (nSPS) is 12.4. The van der Waals surface area contributed by atoms with E-state index < -0.39 is 0 Å². The van der Waals surface area contributed by atoms with E-state index in [1.54, 1.807) is 12.3 Å². The zero-order chi connectivity index (χ0) is 9.14. The molecular formula is C9H14Cl2N2. The van der Waals surface area contributed by atoms with Gasteiger partial charge in [-0.25, -0.2) is 0 Å². The smallest absolute Gasteiger partial charge is 0.0588 e. The Balaban J connectivity index is 0.00000144. The van der Waals surface area contributed by atoms with E-state index in [2.05, 4.69) is 18.8 Å². The summed E-state index contributed by atoms with van der Waals surface area (Å²) in [6.45, 7) is 4.13. The van der Waals surface area contributed by atoms with Crippen molar-refractivity contribution >= 4 is 24.0 Å². The highest BCUT2D eigenvalue weighted by atomic mass is 35.5. The number of nitrogens with two attached hydrogens (primary N) is 1. The lowest BCUT2D eigenvalue weighted by atomic mass is 10.0. The molecule has 0 aliphatic rings. The zero-order valence-corrected chi connectivity index (χ0v) is 9.27. The van der Waals surface area contributed by atoms with Crippen LogP contribution in [0, 0.1) is 5.92 Å². The van der Waals surface area contributed by atoms with Gasteiger partial charge in [-0.1, -0.05) is 25.4 Å². The van der Waals surface area contributed by atoms with Gasteiger partial charge in [0, 0.05) is 17.3 Å². The van der Waals surface area contributed by atoms with Crippen molar-refractivity contribution in [2.24, 2.45) is 11.7 Å². The zero-order valence-electron chi connectivity index (χ0n) is 7.70. The Kier molecular flexibility index (Phi) is 5.30. The number of halogens is 2. The van der Waals surface area contributed by atoms with Gasteiger partial charge in [0.2, 0.25) is 0 Å². The van der Waals surface area contributed by atoms with Gasteiger partial charge in [-0.3, -0.25) is 4.98 Å². The Labute approximate surface area is 89.9 Å². The average molecular weight is 221 g/mol. The largest absolute Gasteiger partial charge is 0.322 e. The number of rotatable bonds is 2. The Morgan fingerprint density at radius 1 is 1.46 bits per heavy atom. The molecule has 74 valence electrons. The molecule has 0 spiro atoms. The second kappa shape index (κ2) is 5.43. The number of nitrogens with zero attached hydrogens (tertiary/aromatic N) is 1. The highest BCUT2D eigenvalue weighted by molar-refractivity contribution is 6.30. The average Bonchev–Trinajstić information content (AvgIpc) is 2.03. The predicted octanol–water partition coefficient (Wildman–Crippen LogP) is 2.81. The van der Waals surface area contributed by atoms with Gasteiger partial charge < -0.3 is 5.73 Å². The van der Waals surface area contributed by atoms with Crippen LogP contribution in [0.25, 0.3) is 0 Å². The number of pyridine rings is 1. The fourth-order valence-corrected chi connectivity index (χ4v) is 1.11. The van der Waals surface area contributed by atoms with Crippen molar-refractivity contribution < 1.29 is 0 Å². The second-order valence-electron chi connectivity index (χ2n) is 3.17. The lowest BCUT2D eigenvalue weighted by molar-refractivity contribution is 0.503. The van der Waals surface area contributed by atoms with Gasteiger partial charge in [0.15, 0.2) is 0 Å². The Bertz CT molecular complexity index is 264. The molecule has 0 fully saturated rings. The third-order valence-electron chi connectivity index (χ3n) is 1.80. The van der Waals surface area contributed by atoms with Crippen LogP contribution in [0.4, 0.5) is 0 Å². The maximum atomic E-state index is 5.89. The topological polar surface area (TPSA) is 38.9 Å². The third-order valence-corrected chi connectivity index (χ3v) is 2.04. The molecule has 0 amide bonds. The summed E-state index contributed by atoms with van der Waals surface area (Å²) in [5.74, 6) is 0.385. The first kappa shape index (κ1) is 12.7. The molecule has 1 heterocycles. The van der Waals surface area contributed by atoms with Gasteiger partial charge in [-0.05, 0) is 18.1 Å². The molecule has 1 aromatic rings. The number of hydrogen-bond donors (Lipinski definition) is 1. The van der Waals surface area contributed by atoms with E-state index >= 15 is 0 Å². The minimum absolute atomic E-state index is 0. The van der Waals surface area contributed by atoms with E-state index in [9.17, 15) is 0 Å². The molecule has 0 aliphatic heterocycles. The van der Waals surface area contributed by atoms with Crippen LogP contribution in [0.5, 0.6) is 0 Å². The van der Waals surface area contributed by atoms with E-state index in [-0.39, 0.29) is 18.4 Å². The van der Waals surface area contributed by atoms with Crippen LogP contribution in [-0.2, 0) is 0 Å². The monoisotopic (exact) mass is 220 g/mol. The molecule has 1 rings (SSSR count). The molecule has 0 radical (unpaired) electrons. The fraction of sp³-hybridized carbons (Fsp3) is 0.444. The second-order valence-corrected chi connectivity index (χ2v) is 3.61. The number of aromatic nitrogens is 1. The fourth-order valence-electron chi connectivity index (χ4n) is 0.945. The lowest BCUT2D eigenvalue weighted by Crippen LogP contribution is -2.17. The molecule has 0 bridgehead atoms. The lowest BCUT2D eigenvalue weighted by Gasteiger charge is -2.14.